The highest BCUT2D eigenvalue weighted by molar-refractivity contribution is 7.18. The molecule has 7 nitrogen and oxygen atoms in total. The third kappa shape index (κ3) is 4.72. The van der Waals surface area contributed by atoms with Crippen molar-refractivity contribution in [3.63, 3.8) is 0 Å². The van der Waals surface area contributed by atoms with Crippen molar-refractivity contribution < 1.29 is 19.0 Å². The van der Waals surface area contributed by atoms with E-state index in [-0.39, 0.29) is 12.5 Å². The van der Waals surface area contributed by atoms with Crippen molar-refractivity contribution in [3.05, 3.63) is 59.6 Å². The lowest BCUT2D eigenvalue weighted by Crippen LogP contribution is -2.63. The molecule has 2 aliphatic heterocycles. The number of para-hydroxylation sites is 2. The van der Waals surface area contributed by atoms with E-state index in [0.717, 1.165) is 23.6 Å². The highest BCUT2D eigenvalue weighted by atomic mass is 32.1. The summed E-state index contributed by atoms with van der Waals surface area (Å²) in [5.41, 5.74) is 1.04. The first-order chi connectivity index (χ1) is 15.2. The molecule has 3 heterocycles. The molecule has 1 aromatic heterocycles. The molecule has 2 fully saturated rings. The molecule has 162 valence electrons. The summed E-state index contributed by atoms with van der Waals surface area (Å²) in [5.74, 6) is -0.163. The normalized spacial score (nSPS) is 22.1. The zero-order chi connectivity index (χ0) is 21.1. The van der Waals surface area contributed by atoms with Crippen LogP contribution in [0.1, 0.15) is 5.01 Å². The van der Waals surface area contributed by atoms with Crippen molar-refractivity contribution in [2.75, 3.05) is 46.0 Å². The molecule has 8 heteroatoms. The number of hydrogen-bond acceptors (Lipinski definition) is 7. The van der Waals surface area contributed by atoms with Crippen molar-refractivity contribution in [3.8, 4) is 5.75 Å². The largest absolute Gasteiger partial charge is 0.484 e. The number of nitrogens with zero attached hydrogens (tertiary/aromatic N) is 3. The molecule has 2 saturated heterocycles. The van der Waals surface area contributed by atoms with E-state index in [4.69, 9.17) is 19.2 Å². The van der Waals surface area contributed by atoms with E-state index in [1.165, 1.54) is 4.70 Å². The minimum absolute atomic E-state index is 0.00944. The van der Waals surface area contributed by atoms with Crippen LogP contribution in [-0.2, 0) is 20.8 Å². The molecule has 5 rings (SSSR count). The summed E-state index contributed by atoms with van der Waals surface area (Å²) in [7, 11) is 0. The van der Waals surface area contributed by atoms with Gasteiger partial charge < -0.3 is 19.1 Å². The highest BCUT2D eigenvalue weighted by Crippen LogP contribution is 2.28. The molecule has 31 heavy (non-hydrogen) atoms. The Morgan fingerprint density at radius 2 is 1.81 bits per heavy atom. The van der Waals surface area contributed by atoms with E-state index in [1.807, 2.05) is 48.5 Å². The second kappa shape index (κ2) is 8.92. The Hall–Kier alpha value is -2.52. The molecule has 1 unspecified atom stereocenters. The number of amides is 1. The predicted octanol–water partition coefficient (Wildman–Crippen LogP) is 2.76. The SMILES string of the molecule is O=C(COc1ccccc1)N1CCOC2(CN(Cc3nc4ccccc4s3)CCO2)C1. The van der Waals surface area contributed by atoms with Gasteiger partial charge in [0.2, 0.25) is 0 Å². The van der Waals surface area contributed by atoms with Gasteiger partial charge in [-0.1, -0.05) is 30.3 Å². The van der Waals surface area contributed by atoms with E-state index < -0.39 is 5.79 Å². The minimum atomic E-state index is -0.796. The molecule has 2 aromatic carbocycles. The number of carbonyl (C=O) groups excluding carboxylic acids is 1. The second-order valence-electron chi connectivity index (χ2n) is 7.81. The van der Waals surface area contributed by atoms with E-state index in [2.05, 4.69) is 11.0 Å². The molecule has 1 spiro atoms. The molecule has 1 amide bonds. The van der Waals surface area contributed by atoms with Gasteiger partial charge in [-0.25, -0.2) is 4.98 Å². The van der Waals surface area contributed by atoms with Gasteiger partial charge in [-0.2, -0.15) is 0 Å². The molecule has 2 aliphatic rings. The second-order valence-corrected chi connectivity index (χ2v) is 8.93. The van der Waals surface area contributed by atoms with Crippen LogP contribution in [-0.4, -0.2) is 72.5 Å². The number of thiazole rings is 1. The number of fused-ring (bicyclic) bond motifs is 1. The van der Waals surface area contributed by atoms with E-state index in [0.29, 0.717) is 38.6 Å². The van der Waals surface area contributed by atoms with Gasteiger partial charge in [-0.3, -0.25) is 9.69 Å². The third-order valence-electron chi connectivity index (χ3n) is 5.55. The molecular formula is C23H25N3O4S. The van der Waals surface area contributed by atoms with Gasteiger partial charge in [0.05, 0.1) is 43.1 Å². The van der Waals surface area contributed by atoms with Gasteiger partial charge in [0.1, 0.15) is 10.8 Å². The quantitative estimate of drug-likeness (QED) is 0.609. The lowest BCUT2D eigenvalue weighted by Gasteiger charge is -2.47. The smallest absolute Gasteiger partial charge is 0.260 e. The summed E-state index contributed by atoms with van der Waals surface area (Å²) in [6.07, 6.45) is 0. The summed E-state index contributed by atoms with van der Waals surface area (Å²) in [6.45, 7) is 4.13. The molecule has 0 bridgehead atoms. The monoisotopic (exact) mass is 439 g/mol. The van der Waals surface area contributed by atoms with Crippen molar-refractivity contribution in [2.45, 2.75) is 12.3 Å². The number of carbonyl (C=O) groups is 1. The van der Waals surface area contributed by atoms with Gasteiger partial charge in [0.25, 0.3) is 5.91 Å². The van der Waals surface area contributed by atoms with Crippen LogP contribution < -0.4 is 4.74 Å². The Balaban J connectivity index is 1.21. The fraction of sp³-hybridized carbons (Fsp3) is 0.391. The maximum atomic E-state index is 12.7. The third-order valence-corrected chi connectivity index (χ3v) is 6.57. The Labute approximate surface area is 185 Å². The fourth-order valence-electron chi connectivity index (χ4n) is 4.05. The first-order valence-electron chi connectivity index (χ1n) is 10.5. The first-order valence-corrected chi connectivity index (χ1v) is 11.3. The molecule has 0 saturated carbocycles. The van der Waals surface area contributed by atoms with Crippen LogP contribution in [0.15, 0.2) is 54.6 Å². The predicted molar refractivity (Wildman–Crippen MR) is 118 cm³/mol. The Morgan fingerprint density at radius 3 is 2.65 bits per heavy atom. The topological polar surface area (TPSA) is 64.1 Å². The average molecular weight is 440 g/mol. The molecule has 0 N–H and O–H groups in total. The number of morpholine rings is 2. The molecule has 0 radical (unpaired) electrons. The Kier molecular flexibility index (Phi) is 5.87. The van der Waals surface area contributed by atoms with Crippen LogP contribution in [0.25, 0.3) is 10.2 Å². The average Bonchev–Trinajstić information content (AvgIpc) is 3.20. The number of aromatic nitrogens is 1. The molecule has 3 aromatic rings. The van der Waals surface area contributed by atoms with Crippen LogP contribution >= 0.6 is 11.3 Å². The van der Waals surface area contributed by atoms with Crippen LogP contribution in [0.5, 0.6) is 5.75 Å². The number of ether oxygens (including phenoxy) is 3. The fourth-order valence-corrected chi connectivity index (χ4v) is 5.06. The number of hydrogen-bond donors (Lipinski definition) is 0. The highest BCUT2D eigenvalue weighted by Gasteiger charge is 2.43. The zero-order valence-corrected chi connectivity index (χ0v) is 18.1. The van der Waals surface area contributed by atoms with Crippen molar-refractivity contribution >= 4 is 27.5 Å². The standard InChI is InChI=1S/C23H25N3O4S/c27-22(15-28-18-6-2-1-3-7-18)26-11-13-30-23(17-26)16-25(10-12-29-23)14-21-24-19-8-4-5-9-20(19)31-21/h1-9H,10-17H2. The van der Waals surface area contributed by atoms with Crippen LogP contribution in [0.3, 0.4) is 0 Å². The Morgan fingerprint density at radius 1 is 1.03 bits per heavy atom. The molecule has 0 aliphatic carbocycles. The van der Waals surface area contributed by atoms with Gasteiger partial charge in [0.15, 0.2) is 12.4 Å². The van der Waals surface area contributed by atoms with Gasteiger partial charge in [-0.05, 0) is 24.3 Å². The van der Waals surface area contributed by atoms with Crippen molar-refractivity contribution in [1.82, 2.24) is 14.8 Å². The Bertz CT molecular complexity index is 1010. The maximum Gasteiger partial charge on any atom is 0.260 e. The minimum Gasteiger partial charge on any atom is -0.484 e. The van der Waals surface area contributed by atoms with Crippen LogP contribution in [0, 0.1) is 0 Å². The summed E-state index contributed by atoms with van der Waals surface area (Å²) in [4.78, 5) is 21.6. The number of rotatable bonds is 5. The van der Waals surface area contributed by atoms with Gasteiger partial charge in [-0.15, -0.1) is 11.3 Å². The zero-order valence-electron chi connectivity index (χ0n) is 17.2. The van der Waals surface area contributed by atoms with Crippen LogP contribution in [0.2, 0.25) is 0 Å². The van der Waals surface area contributed by atoms with Gasteiger partial charge in [0, 0.05) is 13.1 Å². The summed E-state index contributed by atoms with van der Waals surface area (Å²) in [6, 6.07) is 17.6. The van der Waals surface area contributed by atoms with Gasteiger partial charge >= 0.3 is 0 Å². The van der Waals surface area contributed by atoms with E-state index in [1.54, 1.807) is 16.2 Å². The van der Waals surface area contributed by atoms with E-state index in [9.17, 15) is 4.79 Å². The summed E-state index contributed by atoms with van der Waals surface area (Å²) < 4.78 is 19.0. The molecular weight excluding hydrogens is 414 g/mol. The van der Waals surface area contributed by atoms with Crippen molar-refractivity contribution in [1.29, 1.82) is 0 Å². The number of benzene rings is 2. The lowest BCUT2D eigenvalue weighted by molar-refractivity contribution is -0.290. The summed E-state index contributed by atoms with van der Waals surface area (Å²) in [5, 5.41) is 1.08. The lowest BCUT2D eigenvalue weighted by atomic mass is 10.1. The molecule has 1 atom stereocenters. The van der Waals surface area contributed by atoms with E-state index >= 15 is 0 Å². The first kappa shape index (κ1) is 20.4. The van der Waals surface area contributed by atoms with Crippen LogP contribution in [0.4, 0.5) is 0 Å². The maximum absolute atomic E-state index is 12.7. The van der Waals surface area contributed by atoms with Crippen molar-refractivity contribution in [2.24, 2.45) is 0 Å². The summed E-state index contributed by atoms with van der Waals surface area (Å²) >= 11 is 1.72.